The monoisotopic (exact) mass is 278 g/mol. The number of carbonyl (C=O) groups excluding carboxylic acids is 1. The van der Waals surface area contributed by atoms with Gasteiger partial charge < -0.3 is 16.2 Å². The van der Waals surface area contributed by atoms with Crippen LogP contribution in [-0.2, 0) is 9.59 Å². The van der Waals surface area contributed by atoms with Gasteiger partial charge in [0.25, 0.3) is 0 Å². The minimum absolute atomic E-state index is 0.0661. The molecule has 5 nitrogen and oxygen atoms in total. The van der Waals surface area contributed by atoms with Gasteiger partial charge in [-0.25, -0.2) is 4.79 Å². The van der Waals surface area contributed by atoms with Crippen LogP contribution in [0.15, 0.2) is 30.3 Å². The highest BCUT2D eigenvalue weighted by Crippen LogP contribution is 2.16. The van der Waals surface area contributed by atoms with Gasteiger partial charge in [-0.3, -0.25) is 4.79 Å². The summed E-state index contributed by atoms with van der Waals surface area (Å²) >= 11 is 0. The third-order valence-electron chi connectivity index (χ3n) is 3.27. The molecule has 1 aromatic rings. The van der Waals surface area contributed by atoms with E-state index in [1.807, 2.05) is 37.3 Å². The molecule has 110 valence electrons. The van der Waals surface area contributed by atoms with Gasteiger partial charge in [-0.15, -0.1) is 0 Å². The Kier molecular flexibility index (Phi) is 5.70. The number of hydrogen-bond acceptors (Lipinski definition) is 3. The number of amides is 1. The number of carboxylic acids is 1. The third-order valence-corrected chi connectivity index (χ3v) is 3.27. The first kappa shape index (κ1) is 16.2. The molecule has 0 aliphatic carbocycles. The lowest BCUT2D eigenvalue weighted by Crippen LogP contribution is -2.52. The van der Waals surface area contributed by atoms with Gasteiger partial charge >= 0.3 is 5.97 Å². The first-order chi connectivity index (χ1) is 9.39. The molecule has 0 saturated heterocycles. The minimum Gasteiger partial charge on any atom is -0.480 e. The Balaban J connectivity index is 2.65. The van der Waals surface area contributed by atoms with E-state index in [-0.39, 0.29) is 12.3 Å². The van der Waals surface area contributed by atoms with Crippen molar-refractivity contribution in [2.45, 2.75) is 44.7 Å². The summed E-state index contributed by atoms with van der Waals surface area (Å²) in [6.07, 6.45) is 1.12. The molecule has 5 heteroatoms. The van der Waals surface area contributed by atoms with Gasteiger partial charge in [-0.1, -0.05) is 43.7 Å². The van der Waals surface area contributed by atoms with E-state index in [9.17, 15) is 14.7 Å². The number of carboxylic acid groups (broad SMARTS) is 1. The van der Waals surface area contributed by atoms with Crippen molar-refractivity contribution in [3.8, 4) is 0 Å². The van der Waals surface area contributed by atoms with Crippen molar-refractivity contribution in [2.24, 2.45) is 5.73 Å². The molecule has 0 aromatic heterocycles. The molecule has 4 N–H and O–H groups in total. The molecular weight excluding hydrogens is 256 g/mol. The summed E-state index contributed by atoms with van der Waals surface area (Å²) in [7, 11) is 0. The lowest BCUT2D eigenvalue weighted by atomic mass is 9.95. The van der Waals surface area contributed by atoms with Crippen molar-refractivity contribution in [3.05, 3.63) is 35.9 Å². The Labute approximate surface area is 119 Å². The van der Waals surface area contributed by atoms with E-state index in [4.69, 9.17) is 5.73 Å². The number of benzene rings is 1. The number of nitrogens with two attached hydrogens (primary N) is 1. The lowest BCUT2D eigenvalue weighted by Gasteiger charge is -2.26. The molecule has 0 aliphatic rings. The maximum Gasteiger partial charge on any atom is 0.329 e. The van der Waals surface area contributed by atoms with E-state index in [1.165, 1.54) is 6.92 Å². The molecule has 0 aliphatic heterocycles. The van der Waals surface area contributed by atoms with Crippen LogP contribution in [0.5, 0.6) is 0 Å². The van der Waals surface area contributed by atoms with Crippen LogP contribution in [0.2, 0.25) is 0 Å². The van der Waals surface area contributed by atoms with E-state index in [2.05, 4.69) is 5.32 Å². The highest BCUT2D eigenvalue weighted by molar-refractivity contribution is 5.86. The quantitative estimate of drug-likeness (QED) is 0.709. The third kappa shape index (κ3) is 4.35. The second kappa shape index (κ2) is 7.05. The average molecular weight is 278 g/mol. The van der Waals surface area contributed by atoms with Crippen molar-refractivity contribution in [1.29, 1.82) is 0 Å². The predicted octanol–water partition coefficient (Wildman–Crippen LogP) is 1.84. The van der Waals surface area contributed by atoms with Crippen molar-refractivity contribution in [3.63, 3.8) is 0 Å². The number of nitrogens with one attached hydrogen (secondary N) is 1. The lowest BCUT2D eigenvalue weighted by molar-refractivity contribution is -0.147. The normalized spacial score (nSPS) is 15.2. The summed E-state index contributed by atoms with van der Waals surface area (Å²) in [5.41, 5.74) is 5.58. The predicted molar refractivity (Wildman–Crippen MR) is 77.1 cm³/mol. The van der Waals surface area contributed by atoms with E-state index < -0.39 is 17.6 Å². The Morgan fingerprint density at radius 2 is 1.95 bits per heavy atom. The van der Waals surface area contributed by atoms with Crippen molar-refractivity contribution in [2.75, 3.05) is 0 Å². The van der Waals surface area contributed by atoms with E-state index in [1.54, 1.807) is 0 Å². The fourth-order valence-electron chi connectivity index (χ4n) is 2.10. The summed E-state index contributed by atoms with van der Waals surface area (Å²) < 4.78 is 0. The van der Waals surface area contributed by atoms with Gasteiger partial charge in [-0.05, 0) is 18.9 Å². The van der Waals surface area contributed by atoms with Crippen LogP contribution >= 0.6 is 0 Å². The molecule has 0 heterocycles. The molecule has 0 radical (unpaired) electrons. The van der Waals surface area contributed by atoms with Crippen LogP contribution in [0.3, 0.4) is 0 Å². The fourth-order valence-corrected chi connectivity index (χ4v) is 2.10. The van der Waals surface area contributed by atoms with Gasteiger partial charge in [-0.2, -0.15) is 0 Å². The Hall–Kier alpha value is -1.88. The molecular formula is C15H22N2O3. The topological polar surface area (TPSA) is 92.4 Å². The zero-order valence-electron chi connectivity index (χ0n) is 11.9. The van der Waals surface area contributed by atoms with Gasteiger partial charge in [0.1, 0.15) is 5.54 Å². The van der Waals surface area contributed by atoms with Crippen LogP contribution in [0.4, 0.5) is 0 Å². The standard InChI is InChI=1S/C15H22N2O3/c1-3-9-15(2,14(19)20)17-13(18)10-12(16)11-7-5-4-6-8-11/h4-8,12H,3,9-10,16H2,1-2H3,(H,17,18)(H,19,20). The number of aliphatic carboxylic acids is 1. The molecule has 0 saturated carbocycles. The molecule has 2 atom stereocenters. The zero-order chi connectivity index (χ0) is 15.2. The highest BCUT2D eigenvalue weighted by atomic mass is 16.4. The van der Waals surface area contributed by atoms with Crippen molar-refractivity contribution < 1.29 is 14.7 Å². The maximum absolute atomic E-state index is 12.0. The summed E-state index contributed by atoms with van der Waals surface area (Å²) in [6.45, 7) is 3.40. The molecule has 20 heavy (non-hydrogen) atoms. The summed E-state index contributed by atoms with van der Waals surface area (Å²) in [5, 5.41) is 11.8. The molecule has 0 bridgehead atoms. The van der Waals surface area contributed by atoms with Crippen LogP contribution < -0.4 is 11.1 Å². The molecule has 1 amide bonds. The smallest absolute Gasteiger partial charge is 0.329 e. The maximum atomic E-state index is 12.0. The SMILES string of the molecule is CCCC(C)(NC(=O)CC(N)c1ccccc1)C(=O)O. The molecule has 2 unspecified atom stereocenters. The Morgan fingerprint density at radius 1 is 1.35 bits per heavy atom. The second-order valence-corrected chi connectivity index (χ2v) is 5.16. The van der Waals surface area contributed by atoms with Crippen LogP contribution in [-0.4, -0.2) is 22.5 Å². The number of rotatable bonds is 7. The fraction of sp³-hybridized carbons (Fsp3) is 0.467. The number of carbonyl (C=O) groups is 2. The highest BCUT2D eigenvalue weighted by Gasteiger charge is 2.33. The zero-order valence-corrected chi connectivity index (χ0v) is 11.9. The first-order valence-electron chi connectivity index (χ1n) is 6.74. The summed E-state index contributed by atoms with van der Waals surface area (Å²) in [4.78, 5) is 23.2. The van der Waals surface area contributed by atoms with E-state index in [0.717, 1.165) is 5.56 Å². The van der Waals surface area contributed by atoms with Crippen molar-refractivity contribution >= 4 is 11.9 Å². The average Bonchev–Trinajstić information content (AvgIpc) is 2.39. The van der Waals surface area contributed by atoms with Gasteiger partial charge in [0.15, 0.2) is 0 Å². The number of hydrogen-bond donors (Lipinski definition) is 3. The molecule has 1 rings (SSSR count). The van der Waals surface area contributed by atoms with Crippen molar-refractivity contribution in [1.82, 2.24) is 5.32 Å². The molecule has 0 fully saturated rings. The van der Waals surface area contributed by atoms with E-state index >= 15 is 0 Å². The summed E-state index contributed by atoms with van der Waals surface area (Å²) in [6, 6.07) is 8.84. The first-order valence-corrected chi connectivity index (χ1v) is 6.74. The van der Waals surface area contributed by atoms with E-state index in [0.29, 0.717) is 12.8 Å². The van der Waals surface area contributed by atoms with Gasteiger partial charge in [0.05, 0.1) is 0 Å². The minimum atomic E-state index is -1.23. The second-order valence-electron chi connectivity index (χ2n) is 5.16. The Morgan fingerprint density at radius 3 is 2.45 bits per heavy atom. The van der Waals surface area contributed by atoms with Crippen LogP contribution in [0.25, 0.3) is 0 Å². The van der Waals surface area contributed by atoms with Crippen LogP contribution in [0, 0.1) is 0 Å². The van der Waals surface area contributed by atoms with Gasteiger partial charge in [0, 0.05) is 12.5 Å². The van der Waals surface area contributed by atoms with Gasteiger partial charge in [0.2, 0.25) is 5.91 Å². The largest absolute Gasteiger partial charge is 0.480 e. The summed E-state index contributed by atoms with van der Waals surface area (Å²) in [5.74, 6) is -1.37. The molecule has 0 spiro atoms. The van der Waals surface area contributed by atoms with Crippen LogP contribution in [0.1, 0.15) is 44.7 Å². The molecule has 1 aromatic carbocycles. The Bertz CT molecular complexity index is 461.